The number of pyridine rings is 1. The van der Waals surface area contributed by atoms with Gasteiger partial charge in [0.2, 0.25) is 0 Å². The Morgan fingerprint density at radius 2 is 1.58 bits per heavy atom. The Hall–Kier alpha value is -4.65. The molecule has 0 saturated heterocycles. The van der Waals surface area contributed by atoms with Crippen molar-refractivity contribution in [3.05, 3.63) is 107 Å². The summed E-state index contributed by atoms with van der Waals surface area (Å²) >= 11 is 0. The highest BCUT2D eigenvalue weighted by molar-refractivity contribution is 6.08. The number of anilines is 2. The van der Waals surface area contributed by atoms with Gasteiger partial charge in [-0.05, 0) is 67.4 Å². The average molecular weight is 482 g/mol. The first kappa shape index (κ1) is 24.5. The minimum atomic E-state index is -1.16. The van der Waals surface area contributed by atoms with Crippen molar-refractivity contribution in [2.45, 2.75) is 20.3 Å². The van der Waals surface area contributed by atoms with Crippen molar-refractivity contribution in [2.75, 3.05) is 17.2 Å². The van der Waals surface area contributed by atoms with Crippen molar-refractivity contribution in [2.24, 2.45) is 0 Å². The number of amides is 2. The quantitative estimate of drug-likeness (QED) is 0.273. The fourth-order valence-electron chi connectivity index (χ4n) is 3.74. The van der Waals surface area contributed by atoms with Gasteiger partial charge >= 0.3 is 6.09 Å². The maximum atomic E-state index is 13.1. The first-order valence-electron chi connectivity index (χ1n) is 11.6. The minimum absolute atomic E-state index is 0.177. The molecule has 4 rings (SSSR count). The van der Waals surface area contributed by atoms with Gasteiger partial charge in [-0.15, -0.1) is 0 Å². The number of carbonyl (C=O) groups excluding carboxylic acids is 1. The number of nitrogens with one attached hydrogen (secondary N) is 2. The number of carbonyl (C=O) groups is 2. The maximum absolute atomic E-state index is 13.1. The number of nitrogens with zero attached hydrogens (tertiary/aromatic N) is 1. The zero-order valence-corrected chi connectivity index (χ0v) is 20.1. The van der Waals surface area contributed by atoms with E-state index in [1.807, 2.05) is 62.4 Å². The third-order valence-corrected chi connectivity index (χ3v) is 5.56. The van der Waals surface area contributed by atoms with Crippen molar-refractivity contribution >= 4 is 23.5 Å². The molecule has 4 aromatic rings. The molecule has 36 heavy (non-hydrogen) atoms. The molecule has 0 aliphatic heterocycles. The topological polar surface area (TPSA) is 101 Å². The van der Waals surface area contributed by atoms with Crippen LogP contribution in [0.3, 0.4) is 0 Å². The van der Waals surface area contributed by atoms with Gasteiger partial charge in [0.15, 0.2) is 0 Å². The van der Waals surface area contributed by atoms with Crippen LogP contribution in [0.2, 0.25) is 0 Å². The molecule has 0 bridgehead atoms. The lowest BCUT2D eigenvalue weighted by atomic mass is 9.96. The highest BCUT2D eigenvalue weighted by atomic mass is 16.5. The molecule has 7 nitrogen and oxygen atoms in total. The Morgan fingerprint density at radius 3 is 2.31 bits per heavy atom. The second-order valence-corrected chi connectivity index (χ2v) is 8.44. The van der Waals surface area contributed by atoms with Crippen LogP contribution in [-0.4, -0.2) is 28.7 Å². The molecular weight excluding hydrogens is 454 g/mol. The van der Waals surface area contributed by atoms with E-state index in [1.165, 1.54) is 5.56 Å². The highest BCUT2D eigenvalue weighted by Gasteiger charge is 2.14. The highest BCUT2D eigenvalue weighted by Crippen LogP contribution is 2.26. The zero-order valence-electron chi connectivity index (χ0n) is 20.1. The number of hydrogen-bond acceptors (Lipinski definition) is 4. The Kier molecular flexibility index (Phi) is 7.60. The molecule has 0 radical (unpaired) electrons. The van der Waals surface area contributed by atoms with Crippen molar-refractivity contribution < 1.29 is 19.4 Å². The summed E-state index contributed by atoms with van der Waals surface area (Å²) < 4.78 is 5.79. The molecule has 0 aliphatic carbocycles. The van der Waals surface area contributed by atoms with Crippen LogP contribution in [0.1, 0.15) is 27.2 Å². The van der Waals surface area contributed by atoms with Gasteiger partial charge in [0.1, 0.15) is 11.6 Å². The minimum Gasteiger partial charge on any atom is -0.493 e. The third kappa shape index (κ3) is 6.48. The zero-order chi connectivity index (χ0) is 25.5. The van der Waals surface area contributed by atoms with Crippen LogP contribution in [-0.2, 0) is 6.42 Å². The molecule has 2 amide bonds. The third-order valence-electron chi connectivity index (χ3n) is 5.56. The van der Waals surface area contributed by atoms with Crippen LogP contribution >= 0.6 is 0 Å². The first-order chi connectivity index (χ1) is 17.4. The lowest BCUT2D eigenvalue weighted by Gasteiger charge is -2.13. The van der Waals surface area contributed by atoms with Crippen molar-refractivity contribution in [3.8, 4) is 16.9 Å². The number of hydrogen-bond donors (Lipinski definition) is 3. The van der Waals surface area contributed by atoms with E-state index in [4.69, 9.17) is 9.84 Å². The molecule has 1 heterocycles. The number of ether oxygens (including phenoxy) is 1. The van der Waals surface area contributed by atoms with E-state index in [0.29, 0.717) is 35.7 Å². The summed E-state index contributed by atoms with van der Waals surface area (Å²) in [5, 5.41) is 14.0. The van der Waals surface area contributed by atoms with E-state index >= 15 is 0 Å². The molecule has 0 atom stereocenters. The molecule has 0 aliphatic rings. The van der Waals surface area contributed by atoms with E-state index in [9.17, 15) is 9.59 Å². The molecule has 1 aromatic heterocycles. The fourth-order valence-corrected chi connectivity index (χ4v) is 3.74. The summed E-state index contributed by atoms with van der Waals surface area (Å²) in [6.45, 7) is 4.38. The van der Waals surface area contributed by atoms with Gasteiger partial charge < -0.3 is 15.2 Å². The maximum Gasteiger partial charge on any atom is 0.410 e. The largest absolute Gasteiger partial charge is 0.493 e. The first-order valence-corrected chi connectivity index (χ1v) is 11.6. The van der Waals surface area contributed by atoms with Crippen LogP contribution in [0, 0.1) is 13.8 Å². The summed E-state index contributed by atoms with van der Waals surface area (Å²) in [5.41, 5.74) is 6.05. The fraction of sp³-hybridized carbons (Fsp3) is 0.138. The summed E-state index contributed by atoms with van der Waals surface area (Å²) in [6.07, 6.45) is -0.639. The molecular formula is C29H27N3O4. The Labute approximate surface area is 209 Å². The van der Waals surface area contributed by atoms with Gasteiger partial charge in [0.05, 0.1) is 6.61 Å². The normalized spacial score (nSPS) is 10.5. The van der Waals surface area contributed by atoms with Gasteiger partial charge in [-0.2, -0.15) is 0 Å². The number of rotatable bonds is 8. The smallest absolute Gasteiger partial charge is 0.410 e. The number of aromatic nitrogens is 1. The molecule has 0 saturated carbocycles. The molecule has 0 spiro atoms. The Bertz CT molecular complexity index is 1370. The average Bonchev–Trinajstić information content (AvgIpc) is 2.85. The number of aryl methyl sites for hydroxylation is 2. The van der Waals surface area contributed by atoms with Gasteiger partial charge in [-0.1, -0.05) is 53.6 Å². The van der Waals surface area contributed by atoms with E-state index in [0.717, 1.165) is 16.7 Å². The summed E-state index contributed by atoms with van der Waals surface area (Å²) in [6, 6.07) is 26.3. The lowest BCUT2D eigenvalue weighted by Crippen LogP contribution is -2.13. The van der Waals surface area contributed by atoms with Crippen molar-refractivity contribution in [1.29, 1.82) is 0 Å². The van der Waals surface area contributed by atoms with Crippen molar-refractivity contribution in [3.63, 3.8) is 0 Å². The van der Waals surface area contributed by atoms with Crippen LogP contribution in [0.5, 0.6) is 5.75 Å². The van der Waals surface area contributed by atoms with E-state index in [-0.39, 0.29) is 11.7 Å². The predicted octanol–water partition coefficient (Wildman–Crippen LogP) is 6.33. The number of carboxylic acid groups (broad SMARTS) is 1. The summed E-state index contributed by atoms with van der Waals surface area (Å²) in [7, 11) is 0. The molecule has 3 aromatic carbocycles. The summed E-state index contributed by atoms with van der Waals surface area (Å²) in [5.74, 6) is 0.756. The molecule has 3 N–H and O–H groups in total. The van der Waals surface area contributed by atoms with E-state index in [2.05, 4.69) is 15.6 Å². The van der Waals surface area contributed by atoms with E-state index in [1.54, 1.807) is 36.4 Å². The summed E-state index contributed by atoms with van der Waals surface area (Å²) in [4.78, 5) is 28.1. The van der Waals surface area contributed by atoms with Crippen LogP contribution < -0.4 is 15.4 Å². The second kappa shape index (κ2) is 11.2. The van der Waals surface area contributed by atoms with Crippen LogP contribution in [0.25, 0.3) is 11.1 Å². The standard InChI is InChI=1S/C29H27N3O4/c1-19-6-9-21(10-7-19)25-15-8-20(2)18-26(25)28(33)31-23-11-13-24(14-12-23)36-17-16-22-4-3-5-27(30-22)32-29(34)35/h3-15,18H,16-17H2,1-2H3,(H,30,32)(H,31,33)(H,34,35). The predicted molar refractivity (Wildman–Crippen MR) is 141 cm³/mol. The monoisotopic (exact) mass is 481 g/mol. The SMILES string of the molecule is Cc1ccc(-c2ccc(C)cc2C(=O)Nc2ccc(OCCc3cccc(NC(=O)O)n3)cc2)cc1. The van der Waals surface area contributed by atoms with E-state index < -0.39 is 6.09 Å². The molecule has 0 fully saturated rings. The van der Waals surface area contributed by atoms with Gasteiger partial charge in [0, 0.05) is 23.4 Å². The van der Waals surface area contributed by atoms with Crippen molar-refractivity contribution in [1.82, 2.24) is 4.98 Å². The second-order valence-electron chi connectivity index (χ2n) is 8.44. The lowest BCUT2D eigenvalue weighted by molar-refractivity contribution is 0.102. The van der Waals surface area contributed by atoms with Gasteiger partial charge in [0.25, 0.3) is 5.91 Å². The Morgan fingerprint density at radius 1 is 0.861 bits per heavy atom. The van der Waals surface area contributed by atoms with Crippen LogP contribution in [0.4, 0.5) is 16.3 Å². The number of benzene rings is 3. The van der Waals surface area contributed by atoms with Crippen LogP contribution in [0.15, 0.2) is 84.9 Å². The van der Waals surface area contributed by atoms with Gasteiger partial charge in [-0.25, -0.2) is 9.78 Å². The molecule has 0 unspecified atom stereocenters. The molecule has 7 heteroatoms. The Balaban J connectivity index is 1.37. The van der Waals surface area contributed by atoms with Gasteiger partial charge in [-0.3, -0.25) is 10.1 Å². The molecule has 182 valence electrons.